The first-order valence-corrected chi connectivity index (χ1v) is 9.33. The van der Waals surface area contributed by atoms with Crippen LogP contribution in [0.15, 0.2) is 36.4 Å². The van der Waals surface area contributed by atoms with E-state index in [0.29, 0.717) is 12.2 Å². The van der Waals surface area contributed by atoms with E-state index < -0.39 is 47.3 Å². The minimum Gasteiger partial charge on any atom is -0.481 e. The second-order valence-corrected chi connectivity index (χ2v) is 6.58. The van der Waals surface area contributed by atoms with E-state index in [1.54, 1.807) is 0 Å². The molecule has 2 aromatic rings. The Labute approximate surface area is 189 Å². The first kappa shape index (κ1) is 29.3. The van der Waals surface area contributed by atoms with Crippen molar-refractivity contribution in [2.24, 2.45) is 11.5 Å². The van der Waals surface area contributed by atoms with Gasteiger partial charge < -0.3 is 21.3 Å². The zero-order chi connectivity index (χ0) is 23.6. The summed E-state index contributed by atoms with van der Waals surface area (Å²) in [6, 6.07) is 4.93. The number of benzene rings is 2. The van der Waals surface area contributed by atoms with E-state index in [0.717, 1.165) is 30.7 Å². The van der Waals surface area contributed by atoms with Gasteiger partial charge in [0.2, 0.25) is 0 Å². The predicted molar refractivity (Wildman–Crippen MR) is 112 cm³/mol. The standard InChI is InChI=1S/C12H15F2NO2.C9H9F2NO2.ClH/c1-2-5-17-12(16)7-11(15)8-3-4-9(13)10(14)6-8;10-6-2-1-5(3-7(6)11)8(12)4-9(13)14;/h3-4,6,11H,2,5,7,15H2,1H3;1-3,8H,4,12H2,(H,13,14);1H. The number of hydrogen-bond donors (Lipinski definition) is 3. The third-order valence-electron chi connectivity index (χ3n) is 3.99. The van der Waals surface area contributed by atoms with Crippen molar-refractivity contribution in [3.63, 3.8) is 0 Å². The molecule has 0 fully saturated rings. The van der Waals surface area contributed by atoms with E-state index in [1.165, 1.54) is 12.1 Å². The maximum absolute atomic E-state index is 12.9. The molecule has 2 unspecified atom stereocenters. The van der Waals surface area contributed by atoms with E-state index >= 15 is 0 Å². The Kier molecular flexibility index (Phi) is 13.2. The summed E-state index contributed by atoms with van der Waals surface area (Å²) in [6.07, 6.45) is 0.363. The lowest BCUT2D eigenvalue weighted by Crippen LogP contribution is -2.17. The van der Waals surface area contributed by atoms with Crippen LogP contribution in [0.25, 0.3) is 0 Å². The number of carbonyl (C=O) groups excluding carboxylic acids is 1. The smallest absolute Gasteiger partial charge is 0.307 e. The van der Waals surface area contributed by atoms with Crippen LogP contribution in [0.3, 0.4) is 0 Å². The molecule has 178 valence electrons. The maximum Gasteiger partial charge on any atom is 0.307 e. The van der Waals surface area contributed by atoms with Crippen molar-refractivity contribution < 1.29 is 37.0 Å². The zero-order valence-electron chi connectivity index (χ0n) is 17.2. The highest BCUT2D eigenvalue weighted by Gasteiger charge is 2.15. The summed E-state index contributed by atoms with van der Waals surface area (Å²) in [4.78, 5) is 21.6. The van der Waals surface area contributed by atoms with Crippen LogP contribution < -0.4 is 11.5 Å². The monoisotopic (exact) mass is 480 g/mol. The largest absolute Gasteiger partial charge is 0.481 e. The van der Waals surface area contributed by atoms with Crippen LogP contribution in [0.4, 0.5) is 17.6 Å². The molecule has 0 aliphatic carbocycles. The Morgan fingerprint density at radius 3 is 1.69 bits per heavy atom. The summed E-state index contributed by atoms with van der Waals surface area (Å²) in [6.45, 7) is 2.21. The Morgan fingerprint density at radius 2 is 1.31 bits per heavy atom. The highest BCUT2D eigenvalue weighted by Crippen LogP contribution is 2.18. The second-order valence-electron chi connectivity index (χ2n) is 6.58. The van der Waals surface area contributed by atoms with Gasteiger partial charge in [-0.1, -0.05) is 19.1 Å². The first-order valence-electron chi connectivity index (χ1n) is 9.33. The molecule has 0 radical (unpaired) electrons. The molecule has 0 amide bonds. The highest BCUT2D eigenvalue weighted by molar-refractivity contribution is 5.85. The van der Waals surface area contributed by atoms with Crippen molar-refractivity contribution in [2.45, 2.75) is 38.3 Å². The lowest BCUT2D eigenvalue weighted by atomic mass is 10.0. The van der Waals surface area contributed by atoms with E-state index in [4.69, 9.17) is 21.3 Å². The van der Waals surface area contributed by atoms with Crippen molar-refractivity contribution in [3.8, 4) is 0 Å². The third kappa shape index (κ3) is 10.1. The van der Waals surface area contributed by atoms with Crippen LogP contribution in [-0.4, -0.2) is 23.7 Å². The lowest BCUT2D eigenvalue weighted by Gasteiger charge is -2.11. The maximum atomic E-state index is 12.9. The molecule has 0 aromatic heterocycles. The van der Waals surface area contributed by atoms with Gasteiger partial charge in [-0.05, 0) is 41.8 Å². The van der Waals surface area contributed by atoms with Crippen LogP contribution in [0.1, 0.15) is 49.4 Å². The summed E-state index contributed by atoms with van der Waals surface area (Å²) in [7, 11) is 0. The van der Waals surface area contributed by atoms with Crippen molar-refractivity contribution >= 4 is 24.3 Å². The van der Waals surface area contributed by atoms with Crippen LogP contribution in [-0.2, 0) is 14.3 Å². The van der Waals surface area contributed by atoms with E-state index in [1.807, 2.05) is 6.92 Å². The number of rotatable bonds is 8. The average molecular weight is 481 g/mol. The minimum absolute atomic E-state index is 0. The van der Waals surface area contributed by atoms with Crippen LogP contribution in [0.5, 0.6) is 0 Å². The molecular weight excluding hydrogens is 456 g/mol. The number of carbonyl (C=O) groups is 2. The fourth-order valence-corrected chi connectivity index (χ4v) is 2.36. The van der Waals surface area contributed by atoms with Crippen LogP contribution >= 0.6 is 12.4 Å². The number of carboxylic acids is 1. The minimum atomic E-state index is -1.08. The van der Waals surface area contributed by atoms with Crippen molar-refractivity contribution in [1.82, 2.24) is 0 Å². The molecule has 2 rings (SSSR count). The van der Waals surface area contributed by atoms with Crippen molar-refractivity contribution in [2.75, 3.05) is 6.61 Å². The molecule has 11 heteroatoms. The van der Waals surface area contributed by atoms with Gasteiger partial charge in [-0.2, -0.15) is 0 Å². The van der Waals surface area contributed by atoms with E-state index in [9.17, 15) is 27.2 Å². The summed E-state index contributed by atoms with van der Waals surface area (Å²) in [5.41, 5.74) is 11.8. The molecule has 0 saturated heterocycles. The Morgan fingerprint density at radius 1 is 0.875 bits per heavy atom. The summed E-state index contributed by atoms with van der Waals surface area (Å²) in [5, 5.41) is 8.42. The predicted octanol–water partition coefficient (Wildman–Crippen LogP) is 4.17. The molecule has 6 nitrogen and oxygen atoms in total. The summed E-state index contributed by atoms with van der Waals surface area (Å²) < 4.78 is 55.7. The van der Waals surface area contributed by atoms with Gasteiger partial charge in [-0.25, -0.2) is 17.6 Å². The molecule has 0 aliphatic rings. The van der Waals surface area contributed by atoms with Gasteiger partial charge in [0.1, 0.15) is 0 Å². The van der Waals surface area contributed by atoms with Crippen LogP contribution in [0, 0.1) is 23.3 Å². The molecule has 0 saturated carbocycles. The number of carboxylic acid groups (broad SMARTS) is 1. The Bertz CT molecular complexity index is 902. The van der Waals surface area contributed by atoms with Gasteiger partial charge in [0.05, 0.1) is 19.4 Å². The first-order chi connectivity index (χ1) is 14.5. The SMILES string of the molecule is CCCOC(=O)CC(N)c1ccc(F)c(F)c1.Cl.NC(CC(=O)O)c1ccc(F)c(F)c1. The molecule has 2 atom stereocenters. The third-order valence-corrected chi connectivity index (χ3v) is 3.99. The fourth-order valence-electron chi connectivity index (χ4n) is 2.36. The lowest BCUT2D eigenvalue weighted by molar-refractivity contribution is -0.144. The average Bonchev–Trinajstić information content (AvgIpc) is 2.70. The normalized spacial score (nSPS) is 12.0. The topological polar surface area (TPSA) is 116 Å². The molecule has 5 N–H and O–H groups in total. The molecular formula is C21H25ClF4N2O4. The van der Waals surface area contributed by atoms with Crippen LogP contribution in [0.2, 0.25) is 0 Å². The zero-order valence-corrected chi connectivity index (χ0v) is 18.0. The van der Waals surface area contributed by atoms with Gasteiger partial charge in [-0.3, -0.25) is 9.59 Å². The Hall–Kier alpha value is -2.69. The fraction of sp³-hybridized carbons (Fsp3) is 0.333. The molecule has 0 heterocycles. The van der Waals surface area contributed by atoms with E-state index in [-0.39, 0.29) is 30.8 Å². The number of aliphatic carboxylic acids is 1. The Balaban J connectivity index is 0.000000592. The van der Waals surface area contributed by atoms with Gasteiger partial charge in [-0.15, -0.1) is 12.4 Å². The molecule has 0 aliphatic heterocycles. The van der Waals surface area contributed by atoms with Gasteiger partial charge in [0.25, 0.3) is 0 Å². The van der Waals surface area contributed by atoms with Gasteiger partial charge in [0.15, 0.2) is 23.3 Å². The number of ether oxygens (including phenoxy) is 1. The number of hydrogen-bond acceptors (Lipinski definition) is 5. The van der Waals surface area contributed by atoms with E-state index in [2.05, 4.69) is 0 Å². The van der Waals surface area contributed by atoms with Gasteiger partial charge in [0, 0.05) is 12.1 Å². The highest BCUT2D eigenvalue weighted by atomic mass is 35.5. The van der Waals surface area contributed by atoms with Gasteiger partial charge >= 0.3 is 11.9 Å². The molecule has 32 heavy (non-hydrogen) atoms. The second kappa shape index (κ2) is 14.4. The summed E-state index contributed by atoms with van der Waals surface area (Å²) >= 11 is 0. The number of nitrogens with two attached hydrogens (primary N) is 2. The van der Waals surface area contributed by atoms with Crippen molar-refractivity contribution in [1.29, 1.82) is 0 Å². The number of halogens is 5. The molecule has 2 aromatic carbocycles. The molecule has 0 spiro atoms. The van der Waals surface area contributed by atoms with Crippen molar-refractivity contribution in [3.05, 3.63) is 70.8 Å². The number of esters is 1. The molecule has 0 bridgehead atoms. The summed E-state index contributed by atoms with van der Waals surface area (Å²) in [5.74, 6) is -5.43. The quantitative estimate of drug-likeness (QED) is 0.386.